The van der Waals surface area contributed by atoms with Crippen LogP contribution in [0.5, 0.6) is 0 Å². The summed E-state index contributed by atoms with van der Waals surface area (Å²) in [5.74, 6) is 0.284. The molecule has 0 bridgehead atoms. The van der Waals surface area contributed by atoms with E-state index in [1.165, 1.54) is 6.07 Å². The molecule has 0 spiro atoms. The number of amides is 1. The van der Waals surface area contributed by atoms with Crippen LogP contribution >= 0.6 is 0 Å². The fourth-order valence-corrected chi connectivity index (χ4v) is 5.15. The van der Waals surface area contributed by atoms with Crippen LogP contribution in [0.4, 0.5) is 14.6 Å². The summed E-state index contributed by atoms with van der Waals surface area (Å²) >= 11 is 0. The molecular weight excluding hydrogens is 516 g/mol. The van der Waals surface area contributed by atoms with Crippen LogP contribution in [0.15, 0.2) is 53.4 Å². The number of hydrogen-bond donors (Lipinski definition) is 3. The molecule has 0 saturated heterocycles. The number of nitrogens with one attached hydrogen (secondary N) is 3. The Morgan fingerprint density at radius 3 is 2.88 bits per heavy atom. The second kappa shape index (κ2) is 12.5. The van der Waals surface area contributed by atoms with E-state index in [0.717, 1.165) is 23.7 Å². The molecule has 2 aromatic carbocycles. The predicted molar refractivity (Wildman–Crippen MR) is 146 cm³/mol. The zero-order chi connectivity index (χ0) is 28.1. The van der Waals surface area contributed by atoms with Crippen LogP contribution in [0.25, 0.3) is 5.69 Å². The van der Waals surface area contributed by atoms with Gasteiger partial charge in [0.15, 0.2) is 11.6 Å². The van der Waals surface area contributed by atoms with Crippen LogP contribution in [0.2, 0.25) is 0 Å². The first-order valence-electron chi connectivity index (χ1n) is 13.6. The van der Waals surface area contributed by atoms with Gasteiger partial charge in [-0.3, -0.25) is 4.79 Å². The number of para-hydroxylation sites is 1. The van der Waals surface area contributed by atoms with E-state index in [-0.39, 0.29) is 11.9 Å². The van der Waals surface area contributed by atoms with Crippen molar-refractivity contribution in [3.8, 4) is 5.69 Å². The van der Waals surface area contributed by atoms with Crippen molar-refractivity contribution in [1.29, 1.82) is 0 Å². The maximum atomic E-state index is 14.4. The van der Waals surface area contributed by atoms with Crippen molar-refractivity contribution in [2.75, 3.05) is 5.32 Å². The minimum Gasteiger partial charge on any atom is -0.338 e. The molecule has 0 saturated carbocycles. The largest absolute Gasteiger partial charge is 0.338 e. The van der Waals surface area contributed by atoms with Gasteiger partial charge in [0.2, 0.25) is 11.8 Å². The summed E-state index contributed by atoms with van der Waals surface area (Å²) in [5.41, 5.74) is 3.19. The van der Waals surface area contributed by atoms with Crippen molar-refractivity contribution in [1.82, 2.24) is 30.3 Å². The van der Waals surface area contributed by atoms with Gasteiger partial charge in [-0.15, -0.1) is 0 Å². The highest BCUT2D eigenvalue weighted by Crippen LogP contribution is 2.26. The average molecular weight is 550 g/mol. The lowest BCUT2D eigenvalue weighted by molar-refractivity contribution is -0.118. The van der Waals surface area contributed by atoms with Crippen LogP contribution in [-0.4, -0.2) is 37.7 Å². The topological polar surface area (TPSA) is 110 Å². The van der Waals surface area contributed by atoms with E-state index in [9.17, 15) is 13.6 Å². The number of rotatable bonds is 11. The minimum absolute atomic E-state index is 0.0808. The van der Waals surface area contributed by atoms with Crippen molar-refractivity contribution in [3.63, 3.8) is 0 Å². The quantitative estimate of drug-likeness (QED) is 0.255. The van der Waals surface area contributed by atoms with Crippen LogP contribution < -0.4 is 16.0 Å². The molecule has 1 amide bonds. The summed E-state index contributed by atoms with van der Waals surface area (Å²) in [7, 11) is 0. The summed E-state index contributed by atoms with van der Waals surface area (Å²) in [5, 5.41) is 13.5. The Morgan fingerprint density at radius 2 is 2.08 bits per heavy atom. The summed E-state index contributed by atoms with van der Waals surface area (Å²) in [6.07, 6.45) is 6.55. The Bertz CT molecular complexity index is 1470. The zero-order valence-electron chi connectivity index (χ0n) is 22.6. The monoisotopic (exact) mass is 549 g/mol. The van der Waals surface area contributed by atoms with E-state index in [1.807, 2.05) is 35.8 Å². The Morgan fingerprint density at radius 1 is 1.23 bits per heavy atom. The van der Waals surface area contributed by atoms with E-state index in [1.54, 1.807) is 19.4 Å². The smallest absolute Gasteiger partial charge is 0.242 e. The van der Waals surface area contributed by atoms with Gasteiger partial charge in [-0.2, -0.15) is 4.98 Å². The number of aromatic nitrogens is 4. The number of imidazole rings is 1. The molecule has 2 heterocycles. The number of fused-ring (bicyclic) bond motifs is 1. The molecule has 1 aliphatic carbocycles. The first-order chi connectivity index (χ1) is 19.4. The summed E-state index contributed by atoms with van der Waals surface area (Å²) < 4.78 is 35.0. The maximum absolute atomic E-state index is 14.4. The molecule has 2 atom stereocenters. The fraction of sp³-hybridized carbons (Fsp3) is 0.379. The zero-order valence-corrected chi connectivity index (χ0v) is 22.6. The molecule has 0 radical (unpaired) electrons. The van der Waals surface area contributed by atoms with Crippen LogP contribution in [0.1, 0.15) is 54.6 Å². The van der Waals surface area contributed by atoms with Gasteiger partial charge in [0.05, 0.1) is 24.5 Å². The van der Waals surface area contributed by atoms with Gasteiger partial charge in [0.25, 0.3) is 0 Å². The highest BCUT2D eigenvalue weighted by molar-refractivity contribution is 5.94. The molecule has 0 fully saturated rings. The second-order valence-electron chi connectivity index (χ2n) is 10.1. The number of anilines is 1. The lowest BCUT2D eigenvalue weighted by Crippen LogP contribution is -2.48. The van der Waals surface area contributed by atoms with Crippen LogP contribution in [-0.2, 0) is 30.7 Å². The molecule has 210 valence electrons. The van der Waals surface area contributed by atoms with Crippen molar-refractivity contribution < 1.29 is 18.1 Å². The molecule has 11 heteroatoms. The molecule has 9 nitrogen and oxygen atoms in total. The highest BCUT2D eigenvalue weighted by Gasteiger charge is 2.27. The number of carbonyl (C=O) groups is 1. The van der Waals surface area contributed by atoms with Gasteiger partial charge in [0, 0.05) is 18.7 Å². The van der Waals surface area contributed by atoms with Crippen molar-refractivity contribution in [3.05, 3.63) is 89.0 Å². The Balaban J connectivity index is 1.21. The van der Waals surface area contributed by atoms with Crippen molar-refractivity contribution in [2.24, 2.45) is 0 Å². The molecule has 0 aliphatic heterocycles. The Kier molecular flexibility index (Phi) is 8.61. The number of carbonyl (C=O) groups excluding carboxylic acids is 1. The van der Waals surface area contributed by atoms with Crippen LogP contribution in [0.3, 0.4) is 0 Å². The predicted octanol–water partition coefficient (Wildman–Crippen LogP) is 4.39. The van der Waals surface area contributed by atoms with Gasteiger partial charge in [-0.05, 0) is 61.4 Å². The Labute approximate surface area is 231 Å². The standard InChI is InChI=1S/C29H33F2N7O2/c1-3-6-25(35-22-10-9-19-11-21(30)12-24(31)23(19)13-22)29(39)36-27-16-38(17-33-27)26-8-5-4-7-20(26)14-32-15-28-34-18(2)37-40-28/h4-5,7-8,11-12,16-17,22,25,32,35H,3,6,9-10,13-15H2,1-2H3,(H,36,39)/t22-,25-/m0/s1. The number of hydrogen-bond acceptors (Lipinski definition) is 7. The van der Waals surface area contributed by atoms with Gasteiger partial charge in [-0.25, -0.2) is 13.8 Å². The first-order valence-corrected chi connectivity index (χ1v) is 13.6. The molecule has 3 N–H and O–H groups in total. The number of halogens is 2. The van der Waals surface area contributed by atoms with Gasteiger partial charge in [0.1, 0.15) is 18.0 Å². The molecule has 1 aliphatic rings. The summed E-state index contributed by atoms with van der Waals surface area (Å²) in [6.45, 7) is 4.80. The molecular formula is C29H33F2N7O2. The van der Waals surface area contributed by atoms with Gasteiger partial charge >= 0.3 is 0 Å². The fourth-order valence-electron chi connectivity index (χ4n) is 5.15. The van der Waals surface area contributed by atoms with Gasteiger partial charge < -0.3 is 25.0 Å². The molecule has 0 unspecified atom stereocenters. The van der Waals surface area contributed by atoms with E-state index in [0.29, 0.717) is 67.4 Å². The number of aryl methyl sites for hydroxylation is 2. The average Bonchev–Trinajstić information content (AvgIpc) is 3.57. The third-order valence-electron chi connectivity index (χ3n) is 7.06. The SMILES string of the molecule is CCC[C@H](N[C@H]1CCc2cc(F)cc(F)c2C1)C(=O)Nc1cn(-c2ccccc2CNCc2nc(C)no2)cn1. The van der Waals surface area contributed by atoms with Crippen molar-refractivity contribution >= 4 is 11.7 Å². The first kappa shape index (κ1) is 27.6. The third kappa shape index (κ3) is 6.60. The minimum atomic E-state index is -0.553. The van der Waals surface area contributed by atoms with E-state index < -0.39 is 17.7 Å². The van der Waals surface area contributed by atoms with E-state index in [4.69, 9.17) is 4.52 Å². The molecule has 40 heavy (non-hydrogen) atoms. The van der Waals surface area contributed by atoms with Crippen molar-refractivity contribution in [2.45, 2.75) is 71.1 Å². The molecule has 4 aromatic rings. The van der Waals surface area contributed by atoms with E-state index >= 15 is 0 Å². The highest BCUT2D eigenvalue weighted by atomic mass is 19.1. The summed E-state index contributed by atoms with van der Waals surface area (Å²) in [6, 6.07) is 9.69. The van der Waals surface area contributed by atoms with Gasteiger partial charge in [-0.1, -0.05) is 36.7 Å². The summed E-state index contributed by atoms with van der Waals surface area (Å²) in [4.78, 5) is 21.9. The number of benzene rings is 2. The third-order valence-corrected chi connectivity index (χ3v) is 7.06. The van der Waals surface area contributed by atoms with E-state index in [2.05, 4.69) is 31.1 Å². The lowest BCUT2D eigenvalue weighted by atomic mass is 9.87. The second-order valence-corrected chi connectivity index (χ2v) is 10.1. The van der Waals surface area contributed by atoms with Crippen LogP contribution in [0, 0.1) is 18.6 Å². The normalized spacial score (nSPS) is 15.6. The molecule has 2 aromatic heterocycles. The lowest BCUT2D eigenvalue weighted by Gasteiger charge is -2.29. The Hall–Kier alpha value is -3.96. The molecule has 5 rings (SSSR count). The number of nitrogens with zero attached hydrogens (tertiary/aromatic N) is 4. The maximum Gasteiger partial charge on any atom is 0.242 e.